The average Bonchev–Trinajstić information content (AvgIpc) is 3.10. The molecular weight excluding hydrogens is 481 g/mol. The summed E-state index contributed by atoms with van der Waals surface area (Å²) in [5.41, 5.74) is -0.659. The largest absolute Gasteiger partial charge is 0.460 e. The number of hydrogen-bond donors (Lipinski definition) is 0. The second-order valence-electron chi connectivity index (χ2n) is 11.5. The number of Topliss-reactive ketones (excluding diaryl/α,β-unsaturated/α-hetero) is 1. The van der Waals surface area contributed by atoms with Gasteiger partial charge in [-0.05, 0) is 74.0 Å². The Bertz CT molecular complexity index is 913. The minimum atomic E-state index is -6.60. The third-order valence-electron chi connectivity index (χ3n) is 9.94. The first kappa shape index (κ1) is 26.5. The zero-order valence-electron chi connectivity index (χ0n) is 19.9. The van der Waals surface area contributed by atoms with E-state index in [2.05, 4.69) is 23.8 Å². The SMILES string of the molecule is C[C@@H](OC(=O)C(F)(F)C(F)(F)C(F)(F)F)[C@H]1CC[C@H]2[C@@H]3CC(=O)[C@H]4CC=CC[C@]4(C)[C@H]3CC[C@]12C. The molecule has 0 N–H and O–H groups in total. The third kappa shape index (κ3) is 3.74. The van der Waals surface area contributed by atoms with E-state index in [9.17, 15) is 40.3 Å². The Morgan fingerprint density at radius 1 is 1.00 bits per heavy atom. The van der Waals surface area contributed by atoms with E-state index in [1.54, 1.807) is 0 Å². The zero-order chi connectivity index (χ0) is 26.2. The van der Waals surface area contributed by atoms with Gasteiger partial charge in [-0.1, -0.05) is 26.0 Å². The standard InChI is InChI=1S/C25H31F7O3/c1-13(35-20(34)23(26,27)24(28,29)25(30,31)32)15-7-8-16-14-12-19(33)18-6-4-5-10-21(18,2)17(14)9-11-22(15,16)3/h4-5,13-18H,6-12H2,1-3H3/t13-,14+,15-,16+,17+,18-,21-,22-/m1/s1. The predicted molar refractivity (Wildman–Crippen MR) is 112 cm³/mol. The highest BCUT2D eigenvalue weighted by atomic mass is 19.4. The molecule has 3 saturated carbocycles. The van der Waals surface area contributed by atoms with Gasteiger partial charge in [0.1, 0.15) is 11.9 Å². The smallest absolute Gasteiger partial charge is 0.458 e. The first-order chi connectivity index (χ1) is 16.0. The summed E-state index contributed by atoms with van der Waals surface area (Å²) in [6, 6.07) is 0. The van der Waals surface area contributed by atoms with Gasteiger partial charge in [0.05, 0.1) is 0 Å². The fourth-order valence-corrected chi connectivity index (χ4v) is 8.10. The van der Waals surface area contributed by atoms with E-state index < -0.39 is 41.4 Å². The molecule has 0 radical (unpaired) electrons. The highest BCUT2D eigenvalue weighted by molar-refractivity contribution is 5.83. The van der Waals surface area contributed by atoms with Crippen LogP contribution in [0.5, 0.6) is 0 Å². The maximum absolute atomic E-state index is 13.8. The molecule has 0 aromatic heterocycles. The van der Waals surface area contributed by atoms with E-state index in [1.807, 2.05) is 6.92 Å². The second-order valence-corrected chi connectivity index (χ2v) is 11.5. The van der Waals surface area contributed by atoms with Crippen molar-refractivity contribution < 1.29 is 45.1 Å². The normalized spacial score (nSPS) is 40.5. The molecule has 4 rings (SSSR count). The maximum Gasteiger partial charge on any atom is 0.460 e. The van der Waals surface area contributed by atoms with Crippen LogP contribution in [0, 0.1) is 40.4 Å². The Morgan fingerprint density at radius 2 is 1.63 bits per heavy atom. The lowest BCUT2D eigenvalue weighted by Gasteiger charge is -2.59. The van der Waals surface area contributed by atoms with Crippen LogP contribution in [0.15, 0.2) is 12.2 Å². The molecule has 35 heavy (non-hydrogen) atoms. The molecule has 3 nitrogen and oxygen atoms in total. The molecule has 0 amide bonds. The van der Waals surface area contributed by atoms with Crippen molar-refractivity contribution in [3.05, 3.63) is 12.2 Å². The number of ketones is 1. The number of fused-ring (bicyclic) bond motifs is 5. The number of allylic oxidation sites excluding steroid dienone is 2. The van der Waals surface area contributed by atoms with Gasteiger partial charge in [-0.2, -0.15) is 30.7 Å². The van der Waals surface area contributed by atoms with E-state index in [1.165, 1.54) is 6.92 Å². The van der Waals surface area contributed by atoms with Crippen LogP contribution in [0.25, 0.3) is 0 Å². The van der Waals surface area contributed by atoms with Crippen LogP contribution in [-0.4, -0.2) is 35.9 Å². The van der Waals surface area contributed by atoms with Gasteiger partial charge in [-0.25, -0.2) is 4.79 Å². The van der Waals surface area contributed by atoms with Gasteiger partial charge in [-0.15, -0.1) is 0 Å². The van der Waals surface area contributed by atoms with Crippen LogP contribution in [0.3, 0.4) is 0 Å². The Hall–Kier alpha value is -1.61. The van der Waals surface area contributed by atoms with Crippen LogP contribution in [0.2, 0.25) is 0 Å². The lowest BCUT2D eigenvalue weighted by molar-refractivity contribution is -0.349. The van der Waals surface area contributed by atoms with Gasteiger partial charge in [0.2, 0.25) is 0 Å². The van der Waals surface area contributed by atoms with E-state index in [0.717, 1.165) is 19.3 Å². The lowest BCUT2D eigenvalue weighted by Crippen LogP contribution is -2.58. The minimum Gasteiger partial charge on any atom is -0.458 e. The molecule has 3 fully saturated rings. The van der Waals surface area contributed by atoms with Gasteiger partial charge in [0.15, 0.2) is 0 Å². The average molecular weight is 513 g/mol. The number of alkyl halides is 7. The first-order valence-corrected chi connectivity index (χ1v) is 12.2. The van der Waals surface area contributed by atoms with Crippen LogP contribution >= 0.6 is 0 Å². The number of carbonyl (C=O) groups excluding carboxylic acids is 2. The minimum absolute atomic E-state index is 0.0206. The molecule has 0 saturated heterocycles. The Balaban J connectivity index is 1.52. The number of carbonyl (C=O) groups is 2. The number of ether oxygens (including phenoxy) is 1. The van der Waals surface area contributed by atoms with Crippen LogP contribution in [0.4, 0.5) is 30.7 Å². The molecule has 198 valence electrons. The summed E-state index contributed by atoms with van der Waals surface area (Å²) in [5, 5.41) is 0. The molecule has 10 heteroatoms. The van der Waals surface area contributed by atoms with Crippen molar-refractivity contribution in [2.45, 2.75) is 89.8 Å². The molecule has 0 heterocycles. The topological polar surface area (TPSA) is 43.4 Å². The molecule has 0 bridgehead atoms. The van der Waals surface area contributed by atoms with Crippen molar-refractivity contribution in [3.8, 4) is 0 Å². The number of esters is 1. The van der Waals surface area contributed by atoms with E-state index in [0.29, 0.717) is 31.6 Å². The van der Waals surface area contributed by atoms with Gasteiger partial charge in [0.25, 0.3) is 0 Å². The Morgan fingerprint density at radius 3 is 2.26 bits per heavy atom. The first-order valence-electron chi connectivity index (χ1n) is 12.2. The fraction of sp³-hybridized carbons (Fsp3) is 0.840. The molecule has 4 aliphatic rings. The van der Waals surface area contributed by atoms with Gasteiger partial charge in [-0.3, -0.25) is 4.79 Å². The molecule has 8 atom stereocenters. The maximum atomic E-state index is 13.8. The number of hydrogen-bond acceptors (Lipinski definition) is 3. The summed E-state index contributed by atoms with van der Waals surface area (Å²) in [6.07, 6.45) is 0.856. The number of rotatable bonds is 4. The summed E-state index contributed by atoms with van der Waals surface area (Å²) in [6.45, 7) is 5.38. The van der Waals surface area contributed by atoms with E-state index >= 15 is 0 Å². The van der Waals surface area contributed by atoms with Crippen molar-refractivity contribution >= 4 is 11.8 Å². The summed E-state index contributed by atoms with van der Waals surface area (Å²) >= 11 is 0. The monoisotopic (exact) mass is 512 g/mol. The zero-order valence-corrected chi connectivity index (χ0v) is 19.9. The van der Waals surface area contributed by atoms with Crippen LogP contribution in [-0.2, 0) is 14.3 Å². The molecule has 0 aromatic carbocycles. The van der Waals surface area contributed by atoms with Crippen LogP contribution < -0.4 is 0 Å². The molecule has 0 spiro atoms. The Kier molecular flexibility index (Phi) is 6.20. The summed E-state index contributed by atoms with van der Waals surface area (Å²) < 4.78 is 96.4. The quantitative estimate of drug-likeness (QED) is 0.238. The lowest BCUT2D eigenvalue weighted by atomic mass is 9.45. The molecule has 0 unspecified atom stereocenters. The van der Waals surface area contributed by atoms with Crippen molar-refractivity contribution in [2.75, 3.05) is 0 Å². The third-order valence-corrected chi connectivity index (χ3v) is 9.94. The molecular formula is C25H31F7O3. The van der Waals surface area contributed by atoms with E-state index in [-0.39, 0.29) is 29.0 Å². The molecule has 0 aliphatic heterocycles. The highest BCUT2D eigenvalue weighted by Crippen LogP contribution is 2.67. The Labute approximate surface area is 199 Å². The van der Waals surface area contributed by atoms with Gasteiger partial charge < -0.3 is 4.74 Å². The summed E-state index contributed by atoms with van der Waals surface area (Å²) in [7, 11) is 0. The fourth-order valence-electron chi connectivity index (χ4n) is 8.10. The predicted octanol–water partition coefficient (Wildman–Crippen LogP) is 6.76. The summed E-state index contributed by atoms with van der Waals surface area (Å²) in [5.74, 6) is -15.3. The van der Waals surface area contributed by atoms with E-state index in [4.69, 9.17) is 0 Å². The number of halogens is 7. The molecule has 4 aliphatic carbocycles. The second kappa shape index (κ2) is 8.20. The highest BCUT2D eigenvalue weighted by Gasteiger charge is 2.77. The molecule has 0 aromatic rings. The van der Waals surface area contributed by atoms with Gasteiger partial charge >= 0.3 is 24.0 Å². The van der Waals surface area contributed by atoms with Crippen molar-refractivity contribution in [2.24, 2.45) is 40.4 Å². The van der Waals surface area contributed by atoms with Gasteiger partial charge in [0, 0.05) is 18.3 Å². The van der Waals surface area contributed by atoms with Crippen LogP contribution in [0.1, 0.15) is 65.7 Å². The van der Waals surface area contributed by atoms with Crippen molar-refractivity contribution in [3.63, 3.8) is 0 Å². The van der Waals surface area contributed by atoms with Crippen molar-refractivity contribution in [1.29, 1.82) is 0 Å². The summed E-state index contributed by atoms with van der Waals surface area (Å²) in [4.78, 5) is 24.9. The van der Waals surface area contributed by atoms with Crippen molar-refractivity contribution in [1.82, 2.24) is 0 Å².